The number of hydrogen-bond donors (Lipinski definition) is 1. The van der Waals surface area contributed by atoms with Crippen molar-refractivity contribution in [3.8, 4) is 11.1 Å². The molecule has 1 aromatic heterocycles. The Morgan fingerprint density at radius 3 is 2.54 bits per heavy atom. The minimum absolute atomic E-state index is 0.0147. The first-order valence-electron chi connectivity index (χ1n) is 7.87. The predicted octanol–water partition coefficient (Wildman–Crippen LogP) is 3.21. The number of carbonyl (C=O) groups is 2. The molecule has 1 aliphatic rings. The average Bonchev–Trinajstić information content (AvgIpc) is 2.90. The van der Waals surface area contributed by atoms with Crippen LogP contribution in [0, 0.1) is 0 Å². The zero-order valence-corrected chi connectivity index (χ0v) is 15.3. The van der Waals surface area contributed by atoms with Gasteiger partial charge in [0.1, 0.15) is 10.6 Å². The lowest BCUT2D eigenvalue weighted by Gasteiger charge is -2.13. The largest absolute Gasteiger partial charge is 0.481 e. The van der Waals surface area contributed by atoms with Crippen LogP contribution < -0.4 is 0 Å². The van der Waals surface area contributed by atoms with E-state index < -0.39 is 5.97 Å². The zero-order chi connectivity index (χ0) is 18.5. The topological polar surface area (TPSA) is 83.4 Å². The summed E-state index contributed by atoms with van der Waals surface area (Å²) in [5.41, 5.74) is 2.80. The molecule has 0 radical (unpaired) electrons. The molecule has 0 unspecified atom stereocenters. The van der Waals surface area contributed by atoms with Gasteiger partial charge in [-0.1, -0.05) is 48.2 Å². The van der Waals surface area contributed by atoms with Crippen LogP contribution in [-0.4, -0.2) is 42.7 Å². The quantitative estimate of drug-likeness (QED) is 0.604. The Labute approximate surface area is 160 Å². The van der Waals surface area contributed by atoms with E-state index in [2.05, 4.69) is 9.97 Å². The van der Waals surface area contributed by atoms with Crippen molar-refractivity contribution in [2.24, 2.45) is 0 Å². The van der Waals surface area contributed by atoms with Gasteiger partial charge in [0.25, 0.3) is 5.91 Å². The summed E-state index contributed by atoms with van der Waals surface area (Å²) in [5, 5.41) is 8.71. The van der Waals surface area contributed by atoms with E-state index in [1.165, 1.54) is 23.0 Å². The molecule has 3 rings (SSSR count). The highest BCUT2D eigenvalue weighted by Gasteiger charge is 2.31. The van der Waals surface area contributed by atoms with Crippen LogP contribution in [0.15, 0.2) is 47.9 Å². The highest BCUT2D eigenvalue weighted by molar-refractivity contribution is 8.26. The monoisotopic (exact) mass is 385 g/mol. The minimum atomic E-state index is -0.880. The summed E-state index contributed by atoms with van der Waals surface area (Å²) in [6.07, 6.45) is 7.15. The molecule has 0 saturated carbocycles. The van der Waals surface area contributed by atoms with Gasteiger partial charge in [0, 0.05) is 30.9 Å². The molecule has 6 nitrogen and oxygen atoms in total. The van der Waals surface area contributed by atoms with Crippen molar-refractivity contribution in [1.82, 2.24) is 14.9 Å². The molecular weight excluding hydrogens is 370 g/mol. The molecule has 0 bridgehead atoms. The van der Waals surface area contributed by atoms with Gasteiger partial charge in [-0.15, -0.1) is 0 Å². The van der Waals surface area contributed by atoms with Crippen molar-refractivity contribution in [2.45, 2.75) is 12.8 Å². The fraction of sp³-hybridized carbons (Fsp3) is 0.167. The van der Waals surface area contributed by atoms with Gasteiger partial charge in [-0.25, -0.2) is 9.97 Å². The van der Waals surface area contributed by atoms with E-state index in [0.717, 1.165) is 16.7 Å². The zero-order valence-electron chi connectivity index (χ0n) is 13.7. The second-order valence-electron chi connectivity index (χ2n) is 5.58. The Balaban J connectivity index is 1.71. The van der Waals surface area contributed by atoms with E-state index in [1.807, 2.05) is 24.3 Å². The summed E-state index contributed by atoms with van der Waals surface area (Å²) >= 11 is 6.48. The first-order chi connectivity index (χ1) is 12.5. The van der Waals surface area contributed by atoms with Crippen LogP contribution in [-0.2, 0) is 9.59 Å². The summed E-state index contributed by atoms with van der Waals surface area (Å²) in [7, 11) is 0. The Hall–Kier alpha value is -2.58. The first-order valence-corrected chi connectivity index (χ1v) is 9.09. The van der Waals surface area contributed by atoms with E-state index >= 15 is 0 Å². The molecule has 0 spiro atoms. The number of aliphatic carboxylic acids is 1. The number of benzene rings is 1. The number of thioether (sulfide) groups is 1. The van der Waals surface area contributed by atoms with Gasteiger partial charge in [-0.3, -0.25) is 14.5 Å². The lowest BCUT2D eigenvalue weighted by atomic mass is 10.1. The molecule has 0 atom stereocenters. The molecule has 0 aliphatic carbocycles. The van der Waals surface area contributed by atoms with Crippen molar-refractivity contribution < 1.29 is 14.7 Å². The van der Waals surface area contributed by atoms with Crippen LogP contribution in [0.3, 0.4) is 0 Å². The van der Waals surface area contributed by atoms with Gasteiger partial charge in [-0.05, 0) is 23.6 Å². The minimum Gasteiger partial charge on any atom is -0.481 e. The standard InChI is InChI=1S/C18H15N3O3S2/c22-16(23)2-1-7-21-17(24)15(26-18(21)25)8-12-3-5-13(6-4-12)14-9-19-11-20-10-14/h3-6,8-11H,1-2,7H2,(H,22,23). The number of amides is 1. The molecule has 1 saturated heterocycles. The number of thiocarbonyl (C=S) groups is 1. The van der Waals surface area contributed by atoms with Crippen LogP contribution in [0.25, 0.3) is 17.2 Å². The first kappa shape index (κ1) is 18.2. The second-order valence-corrected chi connectivity index (χ2v) is 7.26. The van der Waals surface area contributed by atoms with Crippen LogP contribution in [0.1, 0.15) is 18.4 Å². The average molecular weight is 385 g/mol. The lowest BCUT2D eigenvalue weighted by Crippen LogP contribution is -2.29. The third-order valence-electron chi connectivity index (χ3n) is 3.75. The Morgan fingerprint density at radius 1 is 1.19 bits per heavy atom. The summed E-state index contributed by atoms with van der Waals surface area (Å²) in [6.45, 7) is 0.321. The van der Waals surface area contributed by atoms with Crippen LogP contribution >= 0.6 is 24.0 Å². The number of nitrogens with zero attached hydrogens (tertiary/aromatic N) is 3. The number of carboxylic acids is 1. The summed E-state index contributed by atoms with van der Waals surface area (Å²) < 4.78 is 0.463. The van der Waals surface area contributed by atoms with E-state index in [0.29, 0.717) is 22.2 Å². The molecule has 1 N–H and O–H groups in total. The number of carbonyl (C=O) groups excluding carboxylic acids is 1. The van der Waals surface area contributed by atoms with Gasteiger partial charge in [0.05, 0.1) is 4.91 Å². The molecule has 1 aromatic carbocycles. The predicted molar refractivity (Wildman–Crippen MR) is 104 cm³/mol. The maximum Gasteiger partial charge on any atom is 0.303 e. The second kappa shape index (κ2) is 8.20. The van der Waals surface area contributed by atoms with Gasteiger partial charge < -0.3 is 5.11 Å². The van der Waals surface area contributed by atoms with Gasteiger partial charge >= 0.3 is 5.97 Å². The molecule has 26 heavy (non-hydrogen) atoms. The molecule has 8 heteroatoms. The Bertz CT molecular complexity index is 867. The Morgan fingerprint density at radius 2 is 1.88 bits per heavy atom. The van der Waals surface area contributed by atoms with Gasteiger partial charge in [0.2, 0.25) is 0 Å². The van der Waals surface area contributed by atoms with Crippen molar-refractivity contribution in [3.05, 3.63) is 53.5 Å². The van der Waals surface area contributed by atoms with Crippen LogP contribution in [0.2, 0.25) is 0 Å². The Kier molecular flexibility index (Phi) is 5.75. The van der Waals surface area contributed by atoms with E-state index in [-0.39, 0.29) is 12.3 Å². The smallest absolute Gasteiger partial charge is 0.303 e. The highest BCUT2D eigenvalue weighted by atomic mass is 32.2. The third-order valence-corrected chi connectivity index (χ3v) is 5.13. The number of aromatic nitrogens is 2. The van der Waals surface area contributed by atoms with Crippen LogP contribution in [0.4, 0.5) is 0 Å². The molecule has 132 valence electrons. The summed E-state index contributed by atoms with van der Waals surface area (Å²) in [6, 6.07) is 7.72. The molecule has 1 amide bonds. The molecule has 2 heterocycles. The molecule has 2 aromatic rings. The fourth-order valence-corrected chi connectivity index (χ4v) is 3.76. The van der Waals surface area contributed by atoms with Crippen molar-refractivity contribution >= 4 is 46.3 Å². The van der Waals surface area contributed by atoms with E-state index in [9.17, 15) is 9.59 Å². The van der Waals surface area contributed by atoms with Crippen molar-refractivity contribution in [2.75, 3.05) is 6.54 Å². The molecule has 1 fully saturated rings. The maximum atomic E-state index is 12.5. The number of rotatable bonds is 6. The van der Waals surface area contributed by atoms with Crippen molar-refractivity contribution in [1.29, 1.82) is 0 Å². The maximum absolute atomic E-state index is 12.5. The highest BCUT2D eigenvalue weighted by Crippen LogP contribution is 2.33. The van der Waals surface area contributed by atoms with E-state index in [4.69, 9.17) is 17.3 Å². The van der Waals surface area contributed by atoms with Gasteiger partial charge in [-0.2, -0.15) is 0 Å². The fourth-order valence-electron chi connectivity index (χ4n) is 2.45. The molecule has 1 aliphatic heterocycles. The molecular formula is C18H15N3O3S2. The number of hydrogen-bond acceptors (Lipinski definition) is 6. The van der Waals surface area contributed by atoms with Crippen LogP contribution in [0.5, 0.6) is 0 Å². The normalized spacial score (nSPS) is 15.7. The van der Waals surface area contributed by atoms with E-state index in [1.54, 1.807) is 18.5 Å². The SMILES string of the molecule is O=C(O)CCCN1C(=O)C(=Cc2ccc(-c3cncnc3)cc2)SC1=S. The lowest BCUT2D eigenvalue weighted by molar-refractivity contribution is -0.137. The third kappa shape index (κ3) is 4.33. The van der Waals surface area contributed by atoms with Crippen molar-refractivity contribution in [3.63, 3.8) is 0 Å². The van der Waals surface area contributed by atoms with Gasteiger partial charge in [0.15, 0.2) is 0 Å². The summed E-state index contributed by atoms with van der Waals surface area (Å²) in [4.78, 5) is 33.1. The number of carboxylic acid groups (broad SMARTS) is 1. The summed E-state index contributed by atoms with van der Waals surface area (Å²) in [5.74, 6) is -1.05.